The number of halogens is 1. The summed E-state index contributed by atoms with van der Waals surface area (Å²) in [6.07, 6.45) is 3.37. The zero-order chi connectivity index (χ0) is 10.7. The van der Waals surface area contributed by atoms with E-state index in [1.54, 1.807) is 26.1 Å². The molecule has 14 heavy (non-hydrogen) atoms. The van der Waals surface area contributed by atoms with Crippen molar-refractivity contribution in [3.8, 4) is 0 Å². The normalized spacial score (nSPS) is 11.1. The van der Waals surface area contributed by atoms with Crippen LogP contribution in [0.1, 0.15) is 21.7 Å². The molecule has 0 atom stereocenters. The second kappa shape index (κ2) is 4.28. The number of rotatable bonds is 3. The molecule has 0 spiro atoms. The molecule has 1 N–H and O–H groups in total. The highest BCUT2D eigenvalue weighted by atomic mass is 35.5. The Morgan fingerprint density at radius 1 is 1.71 bits per heavy atom. The van der Waals surface area contributed by atoms with E-state index in [0.29, 0.717) is 17.1 Å². The number of carbonyl (C=O) groups is 1. The van der Waals surface area contributed by atoms with Crippen LogP contribution in [0.2, 0.25) is 0 Å². The van der Waals surface area contributed by atoms with Crippen molar-refractivity contribution in [2.45, 2.75) is 6.92 Å². The van der Waals surface area contributed by atoms with E-state index in [4.69, 9.17) is 16.7 Å². The van der Waals surface area contributed by atoms with E-state index < -0.39 is 5.97 Å². The van der Waals surface area contributed by atoms with Gasteiger partial charge < -0.3 is 5.11 Å². The number of aromatic nitrogens is 2. The van der Waals surface area contributed by atoms with Gasteiger partial charge in [0.05, 0.1) is 5.69 Å². The quantitative estimate of drug-likeness (QED) is 0.779. The Labute approximate surface area is 86.8 Å². The SMILES string of the molecule is Cc1nn(C)c(C(=O)O)c1C=CCCl. The molecule has 5 heteroatoms. The van der Waals surface area contributed by atoms with Crippen LogP contribution in [0.25, 0.3) is 6.08 Å². The first-order valence-electron chi connectivity index (χ1n) is 4.07. The fourth-order valence-electron chi connectivity index (χ4n) is 1.29. The van der Waals surface area contributed by atoms with Crippen LogP contribution in [0.4, 0.5) is 0 Å². The Bertz CT molecular complexity index is 382. The van der Waals surface area contributed by atoms with Crippen molar-refractivity contribution in [3.05, 3.63) is 23.0 Å². The van der Waals surface area contributed by atoms with Crippen LogP contribution in [0.5, 0.6) is 0 Å². The number of alkyl halides is 1. The minimum atomic E-state index is -0.984. The minimum absolute atomic E-state index is 0.184. The van der Waals surface area contributed by atoms with Gasteiger partial charge in [0.25, 0.3) is 0 Å². The topological polar surface area (TPSA) is 55.1 Å². The molecular weight excluding hydrogens is 204 g/mol. The largest absolute Gasteiger partial charge is 0.477 e. The molecule has 0 fully saturated rings. The van der Waals surface area contributed by atoms with Gasteiger partial charge in [0.1, 0.15) is 0 Å². The van der Waals surface area contributed by atoms with Crippen LogP contribution < -0.4 is 0 Å². The number of hydrogen-bond acceptors (Lipinski definition) is 2. The highest BCUT2D eigenvalue weighted by Crippen LogP contribution is 2.14. The van der Waals surface area contributed by atoms with Crippen molar-refractivity contribution < 1.29 is 9.90 Å². The predicted octanol–water partition coefficient (Wildman–Crippen LogP) is 1.68. The van der Waals surface area contributed by atoms with Gasteiger partial charge in [-0.3, -0.25) is 4.68 Å². The molecule has 0 radical (unpaired) electrons. The van der Waals surface area contributed by atoms with Crippen LogP contribution in [0.15, 0.2) is 6.08 Å². The fraction of sp³-hybridized carbons (Fsp3) is 0.333. The van der Waals surface area contributed by atoms with Crippen LogP contribution in [-0.2, 0) is 7.05 Å². The maximum absolute atomic E-state index is 10.9. The number of carboxylic acid groups (broad SMARTS) is 1. The van der Waals surface area contributed by atoms with Crippen molar-refractivity contribution in [1.82, 2.24) is 9.78 Å². The number of aryl methyl sites for hydroxylation is 2. The second-order valence-corrected chi connectivity index (χ2v) is 3.14. The molecule has 76 valence electrons. The molecule has 1 rings (SSSR count). The lowest BCUT2D eigenvalue weighted by atomic mass is 10.2. The van der Waals surface area contributed by atoms with E-state index in [1.807, 2.05) is 0 Å². The highest BCUT2D eigenvalue weighted by Gasteiger charge is 2.16. The third-order valence-electron chi connectivity index (χ3n) is 1.84. The van der Waals surface area contributed by atoms with Crippen LogP contribution in [0.3, 0.4) is 0 Å². The molecule has 0 bridgehead atoms. The smallest absolute Gasteiger partial charge is 0.354 e. The van der Waals surface area contributed by atoms with Crippen LogP contribution in [0, 0.1) is 6.92 Å². The maximum Gasteiger partial charge on any atom is 0.354 e. The molecule has 0 aromatic carbocycles. The Morgan fingerprint density at radius 3 is 2.86 bits per heavy atom. The average molecular weight is 215 g/mol. The molecule has 0 aliphatic rings. The van der Waals surface area contributed by atoms with E-state index in [1.165, 1.54) is 4.68 Å². The second-order valence-electron chi connectivity index (χ2n) is 2.83. The third kappa shape index (κ3) is 1.96. The molecule has 1 aromatic rings. The van der Waals surface area contributed by atoms with Gasteiger partial charge in [-0.1, -0.05) is 12.2 Å². The number of aromatic carboxylic acids is 1. The lowest BCUT2D eigenvalue weighted by Crippen LogP contribution is -2.06. The van der Waals surface area contributed by atoms with E-state index in [0.717, 1.165) is 0 Å². The van der Waals surface area contributed by atoms with Gasteiger partial charge in [0.2, 0.25) is 0 Å². The summed E-state index contributed by atoms with van der Waals surface area (Å²) >= 11 is 5.48. The summed E-state index contributed by atoms with van der Waals surface area (Å²) in [5.41, 5.74) is 1.48. The van der Waals surface area contributed by atoms with Gasteiger partial charge in [-0.25, -0.2) is 4.79 Å². The van der Waals surface area contributed by atoms with Gasteiger partial charge in [-0.2, -0.15) is 5.10 Å². The Balaban J connectivity index is 3.25. The van der Waals surface area contributed by atoms with Gasteiger partial charge in [0.15, 0.2) is 5.69 Å². The summed E-state index contributed by atoms with van der Waals surface area (Å²) in [4.78, 5) is 10.9. The summed E-state index contributed by atoms with van der Waals surface area (Å²) in [7, 11) is 1.61. The van der Waals surface area contributed by atoms with Crippen LogP contribution >= 0.6 is 11.6 Å². The molecule has 0 aliphatic heterocycles. The zero-order valence-electron chi connectivity index (χ0n) is 7.99. The third-order valence-corrected chi connectivity index (χ3v) is 2.02. The maximum atomic E-state index is 10.9. The summed E-state index contributed by atoms with van der Waals surface area (Å²) in [6.45, 7) is 1.76. The first-order chi connectivity index (χ1) is 6.57. The van der Waals surface area contributed by atoms with Crippen molar-refractivity contribution in [3.63, 3.8) is 0 Å². The van der Waals surface area contributed by atoms with Gasteiger partial charge in [-0.05, 0) is 6.92 Å². The zero-order valence-corrected chi connectivity index (χ0v) is 8.75. The monoisotopic (exact) mass is 214 g/mol. The standard InChI is InChI=1S/C9H11ClN2O2/c1-6-7(4-3-5-10)8(9(13)14)12(2)11-6/h3-4H,5H2,1-2H3,(H,13,14). The molecule has 1 heterocycles. The molecule has 0 saturated heterocycles. The predicted molar refractivity (Wildman–Crippen MR) is 54.7 cm³/mol. The molecule has 0 saturated carbocycles. The summed E-state index contributed by atoms with van der Waals surface area (Å²) in [6, 6.07) is 0. The van der Waals surface area contributed by atoms with Gasteiger partial charge in [0, 0.05) is 18.5 Å². The first-order valence-corrected chi connectivity index (χ1v) is 4.60. The first kappa shape index (κ1) is 10.8. The fourth-order valence-corrected chi connectivity index (χ4v) is 1.38. The molecule has 0 amide bonds. The van der Waals surface area contributed by atoms with E-state index in [2.05, 4.69) is 5.10 Å². The van der Waals surface area contributed by atoms with E-state index >= 15 is 0 Å². The van der Waals surface area contributed by atoms with Crippen LogP contribution in [-0.4, -0.2) is 26.7 Å². The summed E-state index contributed by atoms with van der Waals surface area (Å²) in [5, 5.41) is 13.0. The number of hydrogen-bond donors (Lipinski definition) is 1. The lowest BCUT2D eigenvalue weighted by molar-refractivity contribution is 0.0685. The van der Waals surface area contributed by atoms with E-state index in [-0.39, 0.29) is 5.69 Å². The van der Waals surface area contributed by atoms with Gasteiger partial charge >= 0.3 is 5.97 Å². The molecule has 0 unspecified atom stereocenters. The van der Waals surface area contributed by atoms with Crippen molar-refractivity contribution in [2.24, 2.45) is 7.05 Å². The van der Waals surface area contributed by atoms with Crippen molar-refractivity contribution in [2.75, 3.05) is 5.88 Å². The van der Waals surface area contributed by atoms with Crippen molar-refractivity contribution >= 4 is 23.6 Å². The average Bonchev–Trinajstić information content (AvgIpc) is 2.37. The number of allylic oxidation sites excluding steroid dienone is 1. The minimum Gasteiger partial charge on any atom is -0.477 e. The summed E-state index contributed by atoms with van der Waals surface area (Å²) < 4.78 is 1.35. The Kier molecular flexibility index (Phi) is 3.30. The van der Waals surface area contributed by atoms with Crippen molar-refractivity contribution in [1.29, 1.82) is 0 Å². The Hall–Kier alpha value is -1.29. The molecule has 4 nitrogen and oxygen atoms in total. The molecular formula is C9H11ClN2O2. The molecule has 0 aliphatic carbocycles. The summed E-state index contributed by atoms with van der Waals surface area (Å²) in [5.74, 6) is -0.629. The van der Waals surface area contributed by atoms with Gasteiger partial charge in [-0.15, -0.1) is 11.6 Å². The highest BCUT2D eigenvalue weighted by molar-refractivity contribution is 6.19. The lowest BCUT2D eigenvalue weighted by Gasteiger charge is -1.95. The number of nitrogens with zero attached hydrogens (tertiary/aromatic N) is 2. The molecule has 1 aromatic heterocycles. The van der Waals surface area contributed by atoms with E-state index in [9.17, 15) is 4.79 Å². The number of carboxylic acids is 1. The Morgan fingerprint density at radius 2 is 2.36 bits per heavy atom.